The number of unbranched alkanes of at least 4 members (excludes halogenated alkanes) is 1. The van der Waals surface area contributed by atoms with Gasteiger partial charge in [0.15, 0.2) is 0 Å². The maximum Gasteiger partial charge on any atom is 0.408 e. The van der Waals surface area contributed by atoms with Gasteiger partial charge in [0.1, 0.15) is 17.7 Å². The van der Waals surface area contributed by atoms with E-state index in [1.165, 1.54) is 0 Å². The standard InChI is InChI=1S/C30H51N3O4/c1-11-14-18-33(28(35)25(21(5)13-3)32-29(36)37-30(8,9)10)26(27(34)31-23(7)15-12-2)24-17-16-20(4)19-22(24)6/h16-17,19,21,23,25-26H,11-15,18H2,1-10H3,(H,31,34)(H,32,36). The molecule has 7 nitrogen and oxygen atoms in total. The first kappa shape index (κ1) is 32.5. The number of carbonyl (C=O) groups excluding carboxylic acids is 3. The Balaban J connectivity index is 3.57. The minimum atomic E-state index is -0.814. The van der Waals surface area contributed by atoms with Gasteiger partial charge in [-0.3, -0.25) is 9.59 Å². The van der Waals surface area contributed by atoms with Crippen molar-refractivity contribution in [1.29, 1.82) is 0 Å². The summed E-state index contributed by atoms with van der Waals surface area (Å²) in [4.78, 5) is 42.5. The Morgan fingerprint density at radius 1 is 1.00 bits per heavy atom. The zero-order valence-corrected chi connectivity index (χ0v) is 24.9. The van der Waals surface area contributed by atoms with Crippen LogP contribution >= 0.6 is 0 Å². The molecule has 0 aliphatic carbocycles. The van der Waals surface area contributed by atoms with E-state index < -0.39 is 23.8 Å². The molecule has 3 amide bonds. The molecule has 0 spiro atoms. The van der Waals surface area contributed by atoms with Crippen molar-refractivity contribution in [3.63, 3.8) is 0 Å². The molecule has 0 bridgehead atoms. The molecule has 2 N–H and O–H groups in total. The number of carbonyl (C=O) groups is 3. The maximum atomic E-state index is 14.2. The van der Waals surface area contributed by atoms with Gasteiger partial charge in [0.25, 0.3) is 0 Å². The number of aryl methyl sites for hydroxylation is 2. The highest BCUT2D eigenvalue weighted by Gasteiger charge is 2.38. The van der Waals surface area contributed by atoms with Crippen LogP contribution in [0, 0.1) is 19.8 Å². The molecule has 1 aromatic rings. The van der Waals surface area contributed by atoms with E-state index in [4.69, 9.17) is 4.74 Å². The summed E-state index contributed by atoms with van der Waals surface area (Å²) in [7, 11) is 0. The summed E-state index contributed by atoms with van der Waals surface area (Å²) in [6.45, 7) is 19.8. The summed E-state index contributed by atoms with van der Waals surface area (Å²) in [5.74, 6) is -0.611. The van der Waals surface area contributed by atoms with Crippen LogP contribution in [0.1, 0.15) is 110 Å². The Morgan fingerprint density at radius 3 is 2.16 bits per heavy atom. The number of nitrogens with zero attached hydrogens (tertiary/aromatic N) is 1. The number of nitrogens with one attached hydrogen (secondary N) is 2. The summed E-state index contributed by atoms with van der Waals surface area (Å²) >= 11 is 0. The van der Waals surface area contributed by atoms with Crippen LogP contribution in [0.15, 0.2) is 18.2 Å². The van der Waals surface area contributed by atoms with Gasteiger partial charge in [-0.15, -0.1) is 0 Å². The van der Waals surface area contributed by atoms with Gasteiger partial charge >= 0.3 is 6.09 Å². The first-order chi connectivity index (χ1) is 17.2. The first-order valence-corrected chi connectivity index (χ1v) is 13.9. The molecule has 0 heterocycles. The summed E-state index contributed by atoms with van der Waals surface area (Å²) in [6.07, 6.45) is 3.45. The second-order valence-corrected chi connectivity index (χ2v) is 11.4. The van der Waals surface area contributed by atoms with Gasteiger partial charge in [-0.2, -0.15) is 0 Å². The fraction of sp³-hybridized carbons (Fsp3) is 0.700. The number of rotatable bonds is 13. The molecule has 0 saturated carbocycles. The SMILES string of the molecule is CCCCN(C(=O)C(NC(=O)OC(C)(C)C)C(C)CC)C(C(=O)NC(C)CCC)c1ccc(C)cc1C. The molecule has 4 atom stereocenters. The number of hydrogen-bond donors (Lipinski definition) is 2. The molecule has 210 valence electrons. The lowest BCUT2D eigenvalue weighted by molar-refractivity contribution is -0.143. The summed E-state index contributed by atoms with van der Waals surface area (Å²) < 4.78 is 5.48. The van der Waals surface area contributed by atoms with E-state index in [2.05, 4.69) is 24.5 Å². The number of benzene rings is 1. The van der Waals surface area contributed by atoms with Gasteiger partial charge in [-0.25, -0.2) is 4.79 Å². The summed E-state index contributed by atoms with van der Waals surface area (Å²) in [5, 5.41) is 5.97. The van der Waals surface area contributed by atoms with Gasteiger partial charge in [-0.05, 0) is 71.4 Å². The van der Waals surface area contributed by atoms with Crippen LogP contribution < -0.4 is 10.6 Å². The second-order valence-electron chi connectivity index (χ2n) is 11.4. The van der Waals surface area contributed by atoms with Crippen molar-refractivity contribution in [1.82, 2.24) is 15.5 Å². The molecule has 0 aromatic heterocycles. The van der Waals surface area contributed by atoms with E-state index in [1.54, 1.807) is 25.7 Å². The van der Waals surface area contributed by atoms with Crippen molar-refractivity contribution in [2.24, 2.45) is 5.92 Å². The van der Waals surface area contributed by atoms with Crippen LogP contribution in [0.2, 0.25) is 0 Å². The molecule has 0 saturated heterocycles. The van der Waals surface area contributed by atoms with Crippen molar-refractivity contribution in [3.05, 3.63) is 34.9 Å². The minimum absolute atomic E-state index is 0.0147. The summed E-state index contributed by atoms with van der Waals surface area (Å²) in [5.41, 5.74) is 2.16. The monoisotopic (exact) mass is 517 g/mol. The van der Waals surface area contributed by atoms with E-state index in [1.807, 2.05) is 52.8 Å². The second kappa shape index (κ2) is 15.0. The highest BCUT2D eigenvalue weighted by molar-refractivity contribution is 5.92. The molecule has 7 heteroatoms. The number of ether oxygens (including phenoxy) is 1. The van der Waals surface area contributed by atoms with Gasteiger partial charge in [-0.1, -0.05) is 70.7 Å². The fourth-order valence-electron chi connectivity index (χ4n) is 4.40. The van der Waals surface area contributed by atoms with Gasteiger partial charge in [0.2, 0.25) is 11.8 Å². The largest absolute Gasteiger partial charge is 0.444 e. The number of alkyl carbamates (subject to hydrolysis) is 1. The predicted octanol–water partition coefficient (Wildman–Crippen LogP) is 6.22. The van der Waals surface area contributed by atoms with Crippen molar-refractivity contribution < 1.29 is 19.1 Å². The lowest BCUT2D eigenvalue weighted by Crippen LogP contribution is -2.55. The third kappa shape index (κ3) is 10.4. The molecule has 4 unspecified atom stereocenters. The fourth-order valence-corrected chi connectivity index (χ4v) is 4.40. The van der Waals surface area contributed by atoms with Gasteiger partial charge in [0, 0.05) is 12.6 Å². The quantitative estimate of drug-likeness (QED) is 0.325. The third-order valence-corrected chi connectivity index (χ3v) is 6.58. The van der Waals surface area contributed by atoms with Crippen molar-refractivity contribution in [2.75, 3.05) is 6.54 Å². The maximum absolute atomic E-state index is 14.2. The van der Waals surface area contributed by atoms with Crippen molar-refractivity contribution in [3.8, 4) is 0 Å². The average molecular weight is 518 g/mol. The Hall–Kier alpha value is -2.57. The molecular weight excluding hydrogens is 466 g/mol. The van der Waals surface area contributed by atoms with E-state index in [-0.39, 0.29) is 23.8 Å². The van der Waals surface area contributed by atoms with E-state index in [0.717, 1.165) is 42.4 Å². The lowest BCUT2D eigenvalue weighted by Gasteiger charge is -2.37. The minimum Gasteiger partial charge on any atom is -0.444 e. The topological polar surface area (TPSA) is 87.7 Å². The Labute approximate surface area is 225 Å². The summed E-state index contributed by atoms with van der Waals surface area (Å²) in [6, 6.07) is 4.34. The van der Waals surface area contributed by atoms with Crippen LogP contribution in [0.3, 0.4) is 0 Å². The molecule has 0 aliphatic heterocycles. The van der Waals surface area contributed by atoms with E-state index in [9.17, 15) is 14.4 Å². The van der Waals surface area contributed by atoms with Crippen LogP contribution in [0.25, 0.3) is 0 Å². The highest BCUT2D eigenvalue weighted by Crippen LogP contribution is 2.28. The molecule has 0 fully saturated rings. The molecular formula is C30H51N3O4. The van der Waals surface area contributed by atoms with Gasteiger partial charge < -0.3 is 20.3 Å². The Kier molecular flexibility index (Phi) is 13.2. The van der Waals surface area contributed by atoms with Crippen molar-refractivity contribution in [2.45, 2.75) is 125 Å². The van der Waals surface area contributed by atoms with Crippen LogP contribution in [-0.4, -0.2) is 47.0 Å². The Morgan fingerprint density at radius 2 is 1.65 bits per heavy atom. The normalized spacial score (nSPS) is 14.8. The molecule has 1 aromatic carbocycles. The third-order valence-electron chi connectivity index (χ3n) is 6.58. The number of amides is 3. The predicted molar refractivity (Wildman–Crippen MR) is 150 cm³/mol. The zero-order valence-electron chi connectivity index (χ0n) is 24.9. The molecule has 0 radical (unpaired) electrons. The molecule has 1 rings (SSSR count). The van der Waals surface area contributed by atoms with Crippen molar-refractivity contribution >= 4 is 17.9 Å². The van der Waals surface area contributed by atoms with Crippen LogP contribution in [-0.2, 0) is 14.3 Å². The number of hydrogen-bond acceptors (Lipinski definition) is 4. The van der Waals surface area contributed by atoms with E-state index >= 15 is 0 Å². The smallest absolute Gasteiger partial charge is 0.408 e. The van der Waals surface area contributed by atoms with Crippen LogP contribution in [0.4, 0.5) is 4.79 Å². The molecule has 0 aliphatic rings. The van der Waals surface area contributed by atoms with Crippen LogP contribution in [0.5, 0.6) is 0 Å². The first-order valence-electron chi connectivity index (χ1n) is 13.9. The average Bonchev–Trinajstić information content (AvgIpc) is 2.79. The highest BCUT2D eigenvalue weighted by atomic mass is 16.6. The van der Waals surface area contributed by atoms with Gasteiger partial charge in [0.05, 0.1) is 0 Å². The molecule has 37 heavy (non-hydrogen) atoms. The lowest BCUT2D eigenvalue weighted by atomic mass is 9.93. The van der Waals surface area contributed by atoms with E-state index in [0.29, 0.717) is 13.0 Å². The Bertz CT molecular complexity index is 893. The zero-order chi connectivity index (χ0) is 28.3.